The minimum atomic E-state index is -5.08. The number of nitrogens with one attached hydrogen (secondary N) is 2. The lowest BCUT2D eigenvalue weighted by molar-refractivity contribution is -0.192. The molecular formula is C19H21F3N8O6S2. The molecule has 0 amide bonds. The summed E-state index contributed by atoms with van der Waals surface area (Å²) in [7, 11) is -8.44. The molecule has 2 aromatic heterocycles. The zero-order valence-corrected chi connectivity index (χ0v) is 20.9. The zero-order valence-electron chi connectivity index (χ0n) is 19.3. The van der Waals surface area contributed by atoms with Gasteiger partial charge in [-0.05, 0) is 36.1 Å². The van der Waals surface area contributed by atoms with Crippen molar-refractivity contribution in [2.75, 3.05) is 13.1 Å². The minimum absolute atomic E-state index is 0.00554. The molecule has 206 valence electrons. The number of sulfonamides is 1. The number of sulfone groups is 1. The SMILES string of the molecule is NS(=O)(=O)c1c(S(=O)(=O)C2CNC2)ccc(-c2cnn3c2CCCC3)c1-c1nn[nH]n1.O=C(O)C(F)(F)F. The summed E-state index contributed by atoms with van der Waals surface area (Å²) in [6.07, 6.45) is -0.698. The summed E-state index contributed by atoms with van der Waals surface area (Å²) >= 11 is 0. The number of carboxylic acid groups (broad SMARTS) is 1. The fourth-order valence-electron chi connectivity index (χ4n) is 4.09. The van der Waals surface area contributed by atoms with Gasteiger partial charge in [-0.1, -0.05) is 6.07 Å². The number of nitrogens with two attached hydrogens (primary N) is 1. The molecule has 38 heavy (non-hydrogen) atoms. The average molecular weight is 579 g/mol. The van der Waals surface area contributed by atoms with E-state index in [4.69, 9.17) is 15.0 Å². The van der Waals surface area contributed by atoms with E-state index in [1.807, 2.05) is 4.68 Å². The number of fused-ring (bicyclic) bond motifs is 1. The number of aromatic amines is 1. The fourth-order valence-corrected chi connectivity index (χ4v) is 7.27. The Bertz CT molecular complexity index is 1570. The number of aliphatic carboxylic acids is 1. The van der Waals surface area contributed by atoms with Crippen LogP contribution in [0.4, 0.5) is 13.2 Å². The molecule has 14 nitrogen and oxygen atoms in total. The molecule has 1 saturated heterocycles. The number of carboxylic acids is 1. The number of primary sulfonamides is 1. The largest absolute Gasteiger partial charge is 0.490 e. The number of hydrogen-bond acceptors (Lipinski definition) is 10. The van der Waals surface area contributed by atoms with E-state index in [9.17, 15) is 30.0 Å². The number of halogens is 3. The molecular weight excluding hydrogens is 557 g/mol. The van der Waals surface area contributed by atoms with Crippen LogP contribution in [0.25, 0.3) is 22.5 Å². The van der Waals surface area contributed by atoms with Gasteiger partial charge in [0.25, 0.3) is 0 Å². The van der Waals surface area contributed by atoms with Crippen LogP contribution in [-0.2, 0) is 37.6 Å². The monoisotopic (exact) mass is 578 g/mol. The summed E-state index contributed by atoms with van der Waals surface area (Å²) in [5.74, 6) is -2.81. The molecule has 5 N–H and O–H groups in total. The summed E-state index contributed by atoms with van der Waals surface area (Å²) in [4.78, 5) is 8.02. The van der Waals surface area contributed by atoms with Crippen molar-refractivity contribution in [3.05, 3.63) is 24.0 Å². The van der Waals surface area contributed by atoms with Crippen LogP contribution in [0.5, 0.6) is 0 Å². The molecule has 0 unspecified atom stereocenters. The highest BCUT2D eigenvalue weighted by atomic mass is 32.2. The number of nitrogens with zero attached hydrogens (tertiary/aromatic N) is 5. The molecule has 1 fully saturated rings. The lowest BCUT2D eigenvalue weighted by atomic mass is 9.96. The first-order chi connectivity index (χ1) is 17.7. The number of aryl methyl sites for hydroxylation is 1. The minimum Gasteiger partial charge on any atom is -0.475 e. The summed E-state index contributed by atoms with van der Waals surface area (Å²) in [6, 6.07) is 2.88. The summed E-state index contributed by atoms with van der Waals surface area (Å²) in [5, 5.41) is 33.0. The number of aromatic nitrogens is 6. The van der Waals surface area contributed by atoms with Crippen molar-refractivity contribution in [3.8, 4) is 22.5 Å². The Morgan fingerprint density at radius 1 is 1.13 bits per heavy atom. The highest BCUT2D eigenvalue weighted by molar-refractivity contribution is 7.94. The highest BCUT2D eigenvalue weighted by Crippen LogP contribution is 2.41. The van der Waals surface area contributed by atoms with Gasteiger partial charge >= 0.3 is 12.1 Å². The Morgan fingerprint density at radius 3 is 2.34 bits per heavy atom. The van der Waals surface area contributed by atoms with Gasteiger partial charge in [0.05, 0.1) is 21.9 Å². The Hall–Kier alpha value is -3.42. The van der Waals surface area contributed by atoms with Gasteiger partial charge < -0.3 is 10.4 Å². The molecule has 0 atom stereocenters. The molecule has 2 aliphatic heterocycles. The van der Waals surface area contributed by atoms with E-state index in [1.165, 1.54) is 6.07 Å². The first kappa shape index (κ1) is 27.6. The van der Waals surface area contributed by atoms with Crippen molar-refractivity contribution in [2.45, 2.75) is 47.0 Å². The van der Waals surface area contributed by atoms with Crippen molar-refractivity contribution in [1.82, 2.24) is 35.7 Å². The lowest BCUT2D eigenvalue weighted by Gasteiger charge is -2.28. The van der Waals surface area contributed by atoms with E-state index in [2.05, 4.69) is 31.0 Å². The van der Waals surface area contributed by atoms with Crippen LogP contribution in [0.2, 0.25) is 0 Å². The summed E-state index contributed by atoms with van der Waals surface area (Å²) < 4.78 is 85.5. The van der Waals surface area contributed by atoms with Crippen LogP contribution in [0.1, 0.15) is 18.5 Å². The molecule has 0 aliphatic carbocycles. The third kappa shape index (κ3) is 5.26. The van der Waals surface area contributed by atoms with E-state index in [0.29, 0.717) is 11.1 Å². The Labute approximate surface area is 213 Å². The molecule has 0 spiro atoms. The van der Waals surface area contributed by atoms with Crippen LogP contribution in [0, 0.1) is 0 Å². The van der Waals surface area contributed by atoms with Crippen LogP contribution in [-0.4, -0.2) is 82.8 Å². The van der Waals surface area contributed by atoms with Crippen molar-refractivity contribution in [2.24, 2.45) is 5.14 Å². The van der Waals surface area contributed by atoms with Gasteiger partial charge in [-0.3, -0.25) is 4.68 Å². The maximum atomic E-state index is 13.2. The van der Waals surface area contributed by atoms with Crippen LogP contribution in [0.3, 0.4) is 0 Å². The standard InChI is InChI=1S/C17H20N8O4S2.C2HF3O2/c18-31(28,29)16-14(30(26,27)10-7-19-8-10)5-4-11(15(16)17-21-23-24-22-17)12-9-20-25-6-2-1-3-13(12)25;3-2(4,5)1(6)7/h4-5,9-10,19H,1-3,6-8H2,(H2,18,28,29)(H,21,22,23,24);(H,6,7). The molecule has 1 aromatic carbocycles. The van der Waals surface area contributed by atoms with Gasteiger partial charge in [0.15, 0.2) is 9.84 Å². The number of tetrazole rings is 1. The molecule has 2 aliphatic rings. The number of alkyl halides is 3. The topological polar surface area (TPSA) is 216 Å². The third-order valence-electron chi connectivity index (χ3n) is 5.98. The molecule has 5 rings (SSSR count). The van der Waals surface area contributed by atoms with E-state index >= 15 is 0 Å². The summed E-state index contributed by atoms with van der Waals surface area (Å²) in [6.45, 7) is 1.24. The maximum absolute atomic E-state index is 13.2. The van der Waals surface area contributed by atoms with Crippen molar-refractivity contribution in [3.63, 3.8) is 0 Å². The molecule has 19 heteroatoms. The highest BCUT2D eigenvalue weighted by Gasteiger charge is 2.39. The number of carbonyl (C=O) groups is 1. The number of rotatable bonds is 5. The fraction of sp³-hybridized carbons (Fsp3) is 0.421. The molecule has 0 radical (unpaired) electrons. The molecule has 0 bridgehead atoms. The van der Waals surface area contributed by atoms with Crippen molar-refractivity contribution in [1.29, 1.82) is 0 Å². The second kappa shape index (κ2) is 10.0. The van der Waals surface area contributed by atoms with Crippen molar-refractivity contribution >= 4 is 25.8 Å². The molecule has 4 heterocycles. The van der Waals surface area contributed by atoms with Gasteiger partial charge in [-0.15, -0.1) is 10.2 Å². The number of hydrogen-bond donors (Lipinski definition) is 4. The van der Waals surface area contributed by atoms with E-state index < -0.39 is 42.2 Å². The van der Waals surface area contributed by atoms with Gasteiger partial charge in [0, 0.05) is 30.9 Å². The normalized spacial score (nSPS) is 16.2. The van der Waals surface area contributed by atoms with Crippen LogP contribution in [0.15, 0.2) is 28.1 Å². The Kier molecular flexibility index (Phi) is 7.30. The van der Waals surface area contributed by atoms with Crippen molar-refractivity contribution < 1.29 is 39.9 Å². The molecule has 3 aromatic rings. The number of benzene rings is 1. The first-order valence-electron chi connectivity index (χ1n) is 11.0. The quantitative estimate of drug-likeness (QED) is 0.318. The second-order valence-corrected chi connectivity index (χ2v) is 12.1. The average Bonchev–Trinajstić information content (AvgIpc) is 3.46. The van der Waals surface area contributed by atoms with Gasteiger partial charge in [-0.2, -0.15) is 23.5 Å². The van der Waals surface area contributed by atoms with E-state index in [-0.39, 0.29) is 29.4 Å². The Morgan fingerprint density at radius 2 is 1.82 bits per heavy atom. The van der Waals surface area contributed by atoms with Crippen LogP contribution >= 0.6 is 0 Å². The van der Waals surface area contributed by atoms with E-state index in [1.54, 1.807) is 12.3 Å². The molecule has 0 saturated carbocycles. The zero-order chi connectivity index (χ0) is 27.9. The summed E-state index contributed by atoms with van der Waals surface area (Å²) in [5.41, 5.74) is 2.08. The second-order valence-electron chi connectivity index (χ2n) is 8.41. The predicted molar refractivity (Wildman–Crippen MR) is 123 cm³/mol. The number of H-pyrrole nitrogens is 1. The maximum Gasteiger partial charge on any atom is 0.490 e. The van der Waals surface area contributed by atoms with Gasteiger partial charge in [0.1, 0.15) is 4.90 Å². The Balaban J connectivity index is 0.000000426. The predicted octanol–water partition coefficient (Wildman–Crippen LogP) is 0.0927. The van der Waals surface area contributed by atoms with Gasteiger partial charge in [-0.25, -0.2) is 26.8 Å². The van der Waals surface area contributed by atoms with E-state index in [0.717, 1.165) is 31.5 Å². The first-order valence-corrected chi connectivity index (χ1v) is 14.1. The smallest absolute Gasteiger partial charge is 0.475 e. The van der Waals surface area contributed by atoms with Crippen LogP contribution < -0.4 is 10.5 Å². The third-order valence-corrected chi connectivity index (χ3v) is 9.27. The van der Waals surface area contributed by atoms with Gasteiger partial charge in [0.2, 0.25) is 15.8 Å². The lowest BCUT2D eigenvalue weighted by Crippen LogP contribution is -2.51.